The summed E-state index contributed by atoms with van der Waals surface area (Å²) in [5, 5.41) is 18.3. The average Bonchev–Trinajstić information content (AvgIpc) is 2.27. The molecule has 1 atom stereocenters. The molecule has 1 rings (SSSR count). The molecule has 0 aliphatic rings. The van der Waals surface area contributed by atoms with Crippen LogP contribution in [0.3, 0.4) is 0 Å². The molecule has 2 heteroatoms. The summed E-state index contributed by atoms with van der Waals surface area (Å²) in [7, 11) is 0. The second-order valence-electron chi connectivity index (χ2n) is 3.86. The maximum absolute atomic E-state index is 9.70. The number of nitriles is 1. The van der Waals surface area contributed by atoms with E-state index in [-0.39, 0.29) is 5.57 Å². The Morgan fingerprint density at radius 3 is 2.13 bits per heavy atom. The average molecular weight is 201 g/mol. The first-order valence-electron chi connectivity index (χ1n) is 4.93. The van der Waals surface area contributed by atoms with Crippen LogP contribution >= 0.6 is 0 Å². The van der Waals surface area contributed by atoms with Crippen LogP contribution < -0.4 is 0 Å². The summed E-state index contributed by atoms with van der Waals surface area (Å²) in [6.45, 7) is 7.72. The first kappa shape index (κ1) is 11.5. The van der Waals surface area contributed by atoms with Gasteiger partial charge >= 0.3 is 0 Å². The molecule has 0 spiro atoms. The fourth-order valence-corrected chi connectivity index (χ4v) is 1.33. The van der Waals surface area contributed by atoms with Gasteiger partial charge in [-0.2, -0.15) is 5.26 Å². The maximum atomic E-state index is 9.70. The predicted molar refractivity (Wildman–Crippen MR) is 60.2 cm³/mol. The molecule has 1 aromatic rings. The topological polar surface area (TPSA) is 44.0 Å². The van der Waals surface area contributed by atoms with Crippen molar-refractivity contribution in [1.82, 2.24) is 0 Å². The van der Waals surface area contributed by atoms with E-state index in [1.807, 2.05) is 30.3 Å². The molecule has 1 N–H and O–H groups in total. The molecule has 78 valence electrons. The summed E-state index contributed by atoms with van der Waals surface area (Å²) < 4.78 is 0. The van der Waals surface area contributed by atoms with Gasteiger partial charge < -0.3 is 5.11 Å². The monoisotopic (exact) mass is 201 g/mol. The number of hydrogen-bond donors (Lipinski definition) is 1. The number of hydrogen-bond acceptors (Lipinski definition) is 2. The molecule has 1 unspecified atom stereocenters. The number of benzene rings is 1. The van der Waals surface area contributed by atoms with Gasteiger partial charge in [0.1, 0.15) is 6.10 Å². The molecule has 0 radical (unpaired) electrons. The Morgan fingerprint density at radius 1 is 1.27 bits per heavy atom. The van der Waals surface area contributed by atoms with Gasteiger partial charge in [0, 0.05) is 0 Å². The van der Waals surface area contributed by atoms with Gasteiger partial charge in [-0.25, -0.2) is 0 Å². The van der Waals surface area contributed by atoms with E-state index in [9.17, 15) is 5.11 Å². The highest BCUT2D eigenvalue weighted by Gasteiger charge is 2.10. The molecule has 0 aliphatic heterocycles. The van der Waals surface area contributed by atoms with E-state index in [0.29, 0.717) is 11.5 Å². The zero-order valence-corrected chi connectivity index (χ0v) is 9.07. The second kappa shape index (κ2) is 4.77. The minimum absolute atomic E-state index is 0.173. The van der Waals surface area contributed by atoms with Crippen molar-refractivity contribution in [1.29, 1.82) is 5.26 Å². The van der Waals surface area contributed by atoms with Crippen molar-refractivity contribution in [3.05, 3.63) is 47.5 Å². The van der Waals surface area contributed by atoms with Crippen LogP contribution in [0, 0.1) is 11.3 Å². The smallest absolute Gasteiger partial charge is 0.113 e. The highest BCUT2D eigenvalue weighted by atomic mass is 16.3. The Hall–Kier alpha value is -1.59. The van der Waals surface area contributed by atoms with Crippen LogP contribution in [-0.4, -0.2) is 5.11 Å². The lowest BCUT2D eigenvalue weighted by Gasteiger charge is -2.10. The molecular weight excluding hydrogens is 186 g/mol. The summed E-state index contributed by atoms with van der Waals surface area (Å²) in [5.74, 6) is 0.468. The Kier molecular flexibility index (Phi) is 3.65. The largest absolute Gasteiger partial charge is 0.383 e. The molecule has 0 aromatic heterocycles. The van der Waals surface area contributed by atoms with Gasteiger partial charge in [-0.15, -0.1) is 0 Å². The van der Waals surface area contributed by atoms with Crippen LogP contribution in [-0.2, 0) is 0 Å². The summed E-state index contributed by atoms with van der Waals surface area (Å²) in [6.07, 6.45) is -0.879. The van der Waals surface area contributed by atoms with Crippen molar-refractivity contribution in [3.8, 4) is 6.07 Å². The van der Waals surface area contributed by atoms with Crippen molar-refractivity contribution in [2.45, 2.75) is 25.9 Å². The lowest BCUT2D eigenvalue weighted by Crippen LogP contribution is -1.99. The standard InChI is InChI=1S/C13H15NO/c1-9(2)11-4-6-12(7-5-11)13(15)10(3)8-14/h4-7,9,13,15H,3H2,1-2H3. The van der Waals surface area contributed by atoms with Gasteiger partial charge in [-0.1, -0.05) is 44.7 Å². The highest BCUT2D eigenvalue weighted by molar-refractivity contribution is 5.34. The molecule has 0 amide bonds. The molecule has 0 bridgehead atoms. The Labute approximate surface area is 90.5 Å². The number of aliphatic hydroxyl groups is 1. The Bertz CT molecular complexity index is 384. The highest BCUT2D eigenvalue weighted by Crippen LogP contribution is 2.22. The van der Waals surface area contributed by atoms with E-state index >= 15 is 0 Å². The third kappa shape index (κ3) is 2.68. The van der Waals surface area contributed by atoms with Crippen LogP contribution in [0.4, 0.5) is 0 Å². The van der Waals surface area contributed by atoms with Gasteiger partial charge in [-0.05, 0) is 17.0 Å². The quantitative estimate of drug-likeness (QED) is 0.764. The van der Waals surface area contributed by atoms with E-state index < -0.39 is 6.10 Å². The van der Waals surface area contributed by atoms with Gasteiger partial charge in [0.25, 0.3) is 0 Å². The van der Waals surface area contributed by atoms with Gasteiger partial charge in [0.15, 0.2) is 0 Å². The third-order valence-corrected chi connectivity index (χ3v) is 2.39. The SMILES string of the molecule is C=C(C#N)C(O)c1ccc(C(C)C)cc1. The molecule has 0 saturated heterocycles. The van der Waals surface area contributed by atoms with Crippen LogP contribution in [0.2, 0.25) is 0 Å². The lowest BCUT2D eigenvalue weighted by atomic mass is 9.98. The van der Waals surface area contributed by atoms with E-state index in [1.165, 1.54) is 5.56 Å². The molecule has 0 fully saturated rings. The fraction of sp³-hybridized carbons (Fsp3) is 0.308. The summed E-state index contributed by atoms with van der Waals surface area (Å²) in [4.78, 5) is 0. The molecule has 1 aromatic carbocycles. The lowest BCUT2D eigenvalue weighted by molar-refractivity contribution is 0.221. The Morgan fingerprint density at radius 2 is 1.73 bits per heavy atom. The van der Waals surface area contributed by atoms with Gasteiger partial charge in [0.2, 0.25) is 0 Å². The molecule has 0 saturated carbocycles. The van der Waals surface area contributed by atoms with Crippen molar-refractivity contribution >= 4 is 0 Å². The van der Waals surface area contributed by atoms with Gasteiger partial charge in [0.05, 0.1) is 11.6 Å². The van der Waals surface area contributed by atoms with Crippen LogP contribution in [0.1, 0.15) is 37.0 Å². The zero-order chi connectivity index (χ0) is 11.4. The molecule has 0 heterocycles. The second-order valence-corrected chi connectivity index (χ2v) is 3.86. The minimum atomic E-state index is -0.879. The number of aliphatic hydroxyl groups excluding tert-OH is 1. The summed E-state index contributed by atoms with van der Waals surface area (Å²) in [5.41, 5.74) is 2.10. The van der Waals surface area contributed by atoms with Crippen molar-refractivity contribution in [2.75, 3.05) is 0 Å². The zero-order valence-electron chi connectivity index (χ0n) is 9.07. The van der Waals surface area contributed by atoms with E-state index in [2.05, 4.69) is 20.4 Å². The van der Waals surface area contributed by atoms with Crippen molar-refractivity contribution < 1.29 is 5.11 Å². The first-order chi connectivity index (χ1) is 7.06. The molecule has 15 heavy (non-hydrogen) atoms. The maximum Gasteiger partial charge on any atom is 0.113 e. The van der Waals surface area contributed by atoms with Crippen LogP contribution in [0.15, 0.2) is 36.4 Å². The van der Waals surface area contributed by atoms with Crippen molar-refractivity contribution in [2.24, 2.45) is 0 Å². The fourth-order valence-electron chi connectivity index (χ4n) is 1.33. The van der Waals surface area contributed by atoms with Crippen LogP contribution in [0.25, 0.3) is 0 Å². The van der Waals surface area contributed by atoms with E-state index in [1.54, 1.807) is 0 Å². The molecule has 0 aliphatic carbocycles. The predicted octanol–water partition coefficient (Wildman–Crippen LogP) is 2.92. The summed E-state index contributed by atoms with van der Waals surface area (Å²) in [6, 6.07) is 9.46. The molecular formula is C13H15NO. The van der Waals surface area contributed by atoms with Gasteiger partial charge in [-0.3, -0.25) is 0 Å². The summed E-state index contributed by atoms with van der Waals surface area (Å²) >= 11 is 0. The normalized spacial score (nSPS) is 12.2. The third-order valence-electron chi connectivity index (χ3n) is 2.39. The van der Waals surface area contributed by atoms with Crippen LogP contribution in [0.5, 0.6) is 0 Å². The molecule has 2 nitrogen and oxygen atoms in total. The van der Waals surface area contributed by atoms with E-state index in [4.69, 9.17) is 5.26 Å². The minimum Gasteiger partial charge on any atom is -0.383 e. The number of nitrogens with zero attached hydrogens (tertiary/aromatic N) is 1. The first-order valence-corrected chi connectivity index (χ1v) is 4.93. The Balaban J connectivity index is 2.90. The van der Waals surface area contributed by atoms with Crippen molar-refractivity contribution in [3.63, 3.8) is 0 Å². The number of rotatable bonds is 3. The van der Waals surface area contributed by atoms with E-state index in [0.717, 1.165) is 0 Å².